The molecule has 0 N–H and O–H groups in total. The van der Waals surface area contributed by atoms with Crippen LogP contribution in [0.3, 0.4) is 0 Å². The highest BCUT2D eigenvalue weighted by Gasteiger charge is 2.30. The van der Waals surface area contributed by atoms with E-state index in [1.54, 1.807) is 11.1 Å². The lowest BCUT2D eigenvalue weighted by molar-refractivity contribution is 0.0156. The minimum absolute atomic E-state index is 0.0851. The van der Waals surface area contributed by atoms with Crippen LogP contribution in [0.5, 0.6) is 0 Å². The first kappa shape index (κ1) is 18.7. The van der Waals surface area contributed by atoms with Crippen LogP contribution in [0.1, 0.15) is 46.0 Å². The van der Waals surface area contributed by atoms with Gasteiger partial charge in [0.05, 0.1) is 12.2 Å². The molecule has 21 heavy (non-hydrogen) atoms. The minimum Gasteiger partial charge on any atom is -0.444 e. The van der Waals surface area contributed by atoms with E-state index in [2.05, 4.69) is 43.5 Å². The van der Waals surface area contributed by atoms with Crippen molar-refractivity contribution in [2.24, 2.45) is 7.05 Å². The third kappa shape index (κ3) is 5.12. The molecule has 0 aliphatic heterocycles. The van der Waals surface area contributed by atoms with E-state index in [9.17, 15) is 4.79 Å². The van der Waals surface area contributed by atoms with E-state index in [0.717, 1.165) is 21.3 Å². The number of nitrogens with zero attached hydrogens (tertiary/aromatic N) is 3. The van der Waals surface area contributed by atoms with E-state index in [1.807, 2.05) is 39.3 Å². The SMILES string of the molecule is CCN(C(=O)OC(C)(C)C)[C@@H](CCI)c1ncc(Br)n1C. The van der Waals surface area contributed by atoms with E-state index >= 15 is 0 Å². The fraction of sp³-hybridized carbons (Fsp3) is 0.714. The molecule has 1 aromatic rings. The van der Waals surface area contributed by atoms with Crippen LogP contribution in [0.25, 0.3) is 0 Å². The molecule has 1 heterocycles. The zero-order valence-electron chi connectivity index (χ0n) is 13.2. The van der Waals surface area contributed by atoms with Gasteiger partial charge in [-0.15, -0.1) is 0 Å². The fourth-order valence-electron chi connectivity index (χ4n) is 2.04. The summed E-state index contributed by atoms with van der Waals surface area (Å²) in [5.74, 6) is 0.867. The molecule has 0 saturated carbocycles. The molecule has 0 saturated heterocycles. The first-order valence-electron chi connectivity index (χ1n) is 6.94. The van der Waals surface area contributed by atoms with Crippen LogP contribution >= 0.6 is 38.5 Å². The van der Waals surface area contributed by atoms with Crippen molar-refractivity contribution in [3.05, 3.63) is 16.6 Å². The Morgan fingerprint density at radius 3 is 2.57 bits per heavy atom. The van der Waals surface area contributed by atoms with Crippen LogP contribution in [-0.2, 0) is 11.8 Å². The molecule has 0 aliphatic carbocycles. The molecule has 0 aliphatic rings. The summed E-state index contributed by atoms with van der Waals surface area (Å²) in [6.07, 6.45) is 2.31. The molecule has 0 aromatic carbocycles. The predicted molar refractivity (Wildman–Crippen MR) is 95.8 cm³/mol. The molecule has 1 amide bonds. The molecule has 7 heteroatoms. The largest absolute Gasteiger partial charge is 0.444 e. The maximum absolute atomic E-state index is 12.5. The highest BCUT2D eigenvalue weighted by Crippen LogP contribution is 2.27. The summed E-state index contributed by atoms with van der Waals surface area (Å²) < 4.78 is 9.32. The Balaban J connectivity index is 3.06. The summed E-state index contributed by atoms with van der Waals surface area (Å²) in [4.78, 5) is 18.6. The molecule has 0 spiro atoms. The third-order valence-corrected chi connectivity index (χ3v) is 4.35. The van der Waals surface area contributed by atoms with E-state index in [-0.39, 0.29) is 12.1 Å². The minimum atomic E-state index is -0.498. The molecule has 5 nitrogen and oxygen atoms in total. The molecule has 0 bridgehead atoms. The Morgan fingerprint density at radius 2 is 2.19 bits per heavy atom. The van der Waals surface area contributed by atoms with Gasteiger partial charge in [0, 0.05) is 18.0 Å². The van der Waals surface area contributed by atoms with E-state index in [4.69, 9.17) is 4.74 Å². The zero-order valence-corrected chi connectivity index (χ0v) is 16.9. The average molecular weight is 472 g/mol. The average Bonchev–Trinajstić information content (AvgIpc) is 2.68. The van der Waals surface area contributed by atoms with Gasteiger partial charge in [-0.1, -0.05) is 22.6 Å². The number of carbonyl (C=O) groups is 1. The van der Waals surface area contributed by atoms with Gasteiger partial charge < -0.3 is 9.30 Å². The second kappa shape index (κ2) is 7.80. The van der Waals surface area contributed by atoms with Crippen LogP contribution < -0.4 is 0 Å². The number of carbonyl (C=O) groups excluding carboxylic acids is 1. The fourth-order valence-corrected chi connectivity index (χ4v) is 2.91. The van der Waals surface area contributed by atoms with Crippen LogP contribution in [0.4, 0.5) is 4.79 Å². The number of rotatable bonds is 5. The molecular weight excluding hydrogens is 449 g/mol. The third-order valence-electron chi connectivity index (χ3n) is 2.99. The number of alkyl halides is 1. The highest BCUT2D eigenvalue weighted by molar-refractivity contribution is 14.1. The Bertz CT molecular complexity index is 485. The quantitative estimate of drug-likeness (QED) is 0.475. The van der Waals surface area contributed by atoms with Crippen molar-refractivity contribution in [3.8, 4) is 0 Å². The van der Waals surface area contributed by atoms with Crippen molar-refractivity contribution < 1.29 is 9.53 Å². The summed E-state index contributed by atoms with van der Waals surface area (Å²) in [6, 6.07) is -0.0851. The van der Waals surface area contributed by atoms with Gasteiger partial charge in [-0.05, 0) is 50.0 Å². The van der Waals surface area contributed by atoms with Crippen molar-refractivity contribution in [1.82, 2.24) is 14.5 Å². The van der Waals surface area contributed by atoms with Crippen LogP contribution in [0.2, 0.25) is 0 Å². The van der Waals surface area contributed by atoms with Gasteiger partial charge in [-0.25, -0.2) is 9.78 Å². The maximum Gasteiger partial charge on any atom is 0.410 e. The highest BCUT2D eigenvalue weighted by atomic mass is 127. The van der Waals surface area contributed by atoms with E-state index in [1.165, 1.54) is 0 Å². The van der Waals surface area contributed by atoms with Crippen molar-refractivity contribution in [1.29, 1.82) is 0 Å². The summed E-state index contributed by atoms with van der Waals surface area (Å²) in [5.41, 5.74) is -0.498. The van der Waals surface area contributed by atoms with Gasteiger partial charge in [0.15, 0.2) is 0 Å². The summed E-state index contributed by atoms with van der Waals surface area (Å²) in [7, 11) is 1.94. The Kier molecular flexibility index (Phi) is 6.96. The lowest BCUT2D eigenvalue weighted by Crippen LogP contribution is -2.40. The molecule has 1 aromatic heterocycles. The van der Waals surface area contributed by atoms with Gasteiger partial charge in [-0.3, -0.25) is 4.90 Å². The molecule has 1 rings (SSSR count). The van der Waals surface area contributed by atoms with Gasteiger partial charge in [0.25, 0.3) is 0 Å². The predicted octanol–water partition coefficient (Wildman–Crippen LogP) is 4.31. The normalized spacial score (nSPS) is 13.1. The number of imidazole rings is 1. The number of amides is 1. The lowest BCUT2D eigenvalue weighted by Gasteiger charge is -2.32. The second-order valence-corrected chi connectivity index (χ2v) is 7.65. The standard InChI is InChI=1S/C14H23BrIN3O2/c1-6-19(13(20)21-14(2,3)4)10(7-8-16)12-17-9-11(15)18(12)5/h9-10H,6-8H2,1-5H3/t10-/m0/s1. The Labute approximate surface area is 148 Å². The number of aromatic nitrogens is 2. The van der Waals surface area contributed by atoms with E-state index in [0.29, 0.717) is 6.54 Å². The monoisotopic (exact) mass is 471 g/mol. The van der Waals surface area contributed by atoms with Crippen molar-refractivity contribution in [2.45, 2.75) is 45.8 Å². The topological polar surface area (TPSA) is 47.4 Å². The summed E-state index contributed by atoms with van der Waals surface area (Å²) >= 11 is 5.78. The van der Waals surface area contributed by atoms with Crippen molar-refractivity contribution >= 4 is 44.6 Å². The Hall–Kier alpha value is -0.310. The Morgan fingerprint density at radius 1 is 1.57 bits per heavy atom. The second-order valence-electron chi connectivity index (χ2n) is 5.76. The van der Waals surface area contributed by atoms with Crippen molar-refractivity contribution in [2.75, 3.05) is 11.0 Å². The zero-order chi connectivity index (χ0) is 16.2. The molecular formula is C14H23BrIN3O2. The number of hydrogen-bond donors (Lipinski definition) is 0. The van der Waals surface area contributed by atoms with Crippen LogP contribution in [0, 0.1) is 0 Å². The van der Waals surface area contributed by atoms with Crippen LogP contribution in [-0.4, -0.2) is 37.1 Å². The van der Waals surface area contributed by atoms with E-state index < -0.39 is 5.60 Å². The molecule has 1 atom stereocenters. The number of hydrogen-bond acceptors (Lipinski definition) is 3. The van der Waals surface area contributed by atoms with Gasteiger partial charge in [0.2, 0.25) is 0 Å². The smallest absolute Gasteiger partial charge is 0.410 e. The number of ether oxygens (including phenoxy) is 1. The van der Waals surface area contributed by atoms with Gasteiger partial charge in [0.1, 0.15) is 16.0 Å². The summed E-state index contributed by atoms with van der Waals surface area (Å²) in [6.45, 7) is 8.18. The van der Waals surface area contributed by atoms with Gasteiger partial charge in [-0.2, -0.15) is 0 Å². The molecule has 120 valence electrons. The first-order valence-corrected chi connectivity index (χ1v) is 9.25. The van der Waals surface area contributed by atoms with Crippen molar-refractivity contribution in [3.63, 3.8) is 0 Å². The molecule has 0 fully saturated rings. The first-order chi connectivity index (χ1) is 9.71. The summed E-state index contributed by atoms with van der Waals surface area (Å²) in [5, 5.41) is 0. The number of halogens is 2. The molecule has 0 radical (unpaired) electrons. The van der Waals surface area contributed by atoms with Crippen LogP contribution in [0.15, 0.2) is 10.8 Å². The maximum atomic E-state index is 12.5. The van der Waals surface area contributed by atoms with Gasteiger partial charge >= 0.3 is 6.09 Å². The molecule has 0 unspecified atom stereocenters. The lowest BCUT2D eigenvalue weighted by atomic mass is 10.1.